The molecule has 0 saturated heterocycles. The Morgan fingerprint density at radius 3 is 2.13 bits per heavy atom. The largest absolute Gasteiger partial charge is 0.481 e. The number of hydrogen-bond acceptors (Lipinski definition) is 1. The summed E-state index contributed by atoms with van der Waals surface area (Å²) < 4.78 is 28.1. The minimum atomic E-state index is -2.98. The molecule has 2 atom stereocenters. The normalized spacial score (nSPS) is 50.7. The summed E-state index contributed by atoms with van der Waals surface area (Å²) in [6, 6.07) is 0. The average molecular weight is 216 g/mol. The molecule has 4 rings (SSSR count). The Labute approximate surface area is 86.7 Å². The van der Waals surface area contributed by atoms with Crippen LogP contribution in [-0.4, -0.2) is 17.0 Å². The lowest BCUT2D eigenvalue weighted by Gasteiger charge is -2.58. The molecule has 0 radical (unpaired) electrons. The molecule has 0 aromatic rings. The number of carboxylic acids is 1. The monoisotopic (exact) mass is 216 g/mol. The van der Waals surface area contributed by atoms with Crippen molar-refractivity contribution in [2.45, 2.75) is 38.0 Å². The Hall–Kier alpha value is -0.670. The first-order chi connectivity index (χ1) is 6.96. The molecule has 0 spiro atoms. The SMILES string of the molecule is O=C(O)C12C[C@H]3CC(C[C@@H](C3)C1)C2(F)F. The molecule has 0 aromatic heterocycles. The molecule has 15 heavy (non-hydrogen) atoms. The zero-order valence-electron chi connectivity index (χ0n) is 8.38. The maximum atomic E-state index is 14.0. The summed E-state index contributed by atoms with van der Waals surface area (Å²) in [5.41, 5.74) is -1.72. The van der Waals surface area contributed by atoms with Gasteiger partial charge in [0.2, 0.25) is 0 Å². The van der Waals surface area contributed by atoms with Crippen molar-refractivity contribution in [3.05, 3.63) is 0 Å². The van der Waals surface area contributed by atoms with Gasteiger partial charge in [-0.15, -0.1) is 0 Å². The van der Waals surface area contributed by atoms with Crippen LogP contribution in [0.1, 0.15) is 32.1 Å². The molecule has 4 fully saturated rings. The van der Waals surface area contributed by atoms with Gasteiger partial charge in [0.1, 0.15) is 5.41 Å². The van der Waals surface area contributed by atoms with Crippen LogP contribution in [-0.2, 0) is 4.79 Å². The third-order valence-corrected chi connectivity index (χ3v) is 4.74. The first-order valence-electron chi connectivity index (χ1n) is 5.57. The third kappa shape index (κ3) is 0.955. The molecule has 4 bridgehead atoms. The molecule has 2 nitrogen and oxygen atoms in total. The maximum absolute atomic E-state index is 14.0. The van der Waals surface area contributed by atoms with Crippen LogP contribution < -0.4 is 0 Å². The number of hydrogen-bond donors (Lipinski definition) is 1. The zero-order chi connectivity index (χ0) is 10.8. The Morgan fingerprint density at radius 2 is 1.67 bits per heavy atom. The van der Waals surface area contributed by atoms with Crippen LogP contribution in [0, 0.1) is 23.2 Å². The lowest BCUT2D eigenvalue weighted by molar-refractivity contribution is -0.256. The number of halogens is 2. The lowest BCUT2D eigenvalue weighted by Crippen LogP contribution is -2.63. The molecule has 4 heteroatoms. The van der Waals surface area contributed by atoms with Gasteiger partial charge in [0, 0.05) is 5.92 Å². The van der Waals surface area contributed by atoms with Crippen LogP contribution in [0.25, 0.3) is 0 Å². The van der Waals surface area contributed by atoms with Gasteiger partial charge >= 0.3 is 5.97 Å². The van der Waals surface area contributed by atoms with Crippen LogP contribution >= 0.6 is 0 Å². The van der Waals surface area contributed by atoms with Gasteiger partial charge in [0.15, 0.2) is 0 Å². The van der Waals surface area contributed by atoms with E-state index in [-0.39, 0.29) is 24.7 Å². The van der Waals surface area contributed by atoms with E-state index in [1.165, 1.54) is 0 Å². The summed E-state index contributed by atoms with van der Waals surface area (Å²) in [6.45, 7) is 0. The lowest BCUT2D eigenvalue weighted by atomic mass is 9.47. The summed E-state index contributed by atoms with van der Waals surface area (Å²) in [6.07, 6.45) is 2.45. The van der Waals surface area contributed by atoms with Crippen molar-refractivity contribution in [1.29, 1.82) is 0 Å². The van der Waals surface area contributed by atoms with Gasteiger partial charge in [0.25, 0.3) is 5.92 Å². The summed E-state index contributed by atoms with van der Waals surface area (Å²) in [7, 11) is 0. The van der Waals surface area contributed by atoms with Crippen molar-refractivity contribution < 1.29 is 18.7 Å². The molecule has 0 aliphatic heterocycles. The van der Waals surface area contributed by atoms with E-state index in [9.17, 15) is 13.6 Å². The van der Waals surface area contributed by atoms with Gasteiger partial charge in [-0.25, -0.2) is 8.78 Å². The molecule has 4 aliphatic rings. The van der Waals surface area contributed by atoms with E-state index in [2.05, 4.69) is 0 Å². The minimum Gasteiger partial charge on any atom is -0.481 e. The highest BCUT2D eigenvalue weighted by molar-refractivity contribution is 5.77. The second-order valence-electron chi connectivity index (χ2n) is 5.55. The minimum absolute atomic E-state index is 0.197. The second-order valence-corrected chi connectivity index (χ2v) is 5.55. The predicted molar refractivity (Wildman–Crippen MR) is 48.6 cm³/mol. The van der Waals surface area contributed by atoms with E-state index < -0.39 is 23.2 Å². The van der Waals surface area contributed by atoms with Crippen LogP contribution in [0.2, 0.25) is 0 Å². The van der Waals surface area contributed by atoms with Crippen molar-refractivity contribution in [2.24, 2.45) is 23.2 Å². The first kappa shape index (κ1) is 9.55. The number of rotatable bonds is 1. The smallest absolute Gasteiger partial charge is 0.315 e. The standard InChI is InChI=1S/C11H14F2O2/c12-11(13)8-2-6-1-7(3-8)5-10(11,4-6)9(14)15/h6-8H,1-5H2,(H,14,15)/t6-,7-,8?,10?/m1/s1. The molecule has 4 saturated carbocycles. The van der Waals surface area contributed by atoms with Crippen molar-refractivity contribution in [3.63, 3.8) is 0 Å². The molecule has 84 valence electrons. The van der Waals surface area contributed by atoms with Crippen molar-refractivity contribution >= 4 is 5.97 Å². The van der Waals surface area contributed by atoms with E-state index >= 15 is 0 Å². The van der Waals surface area contributed by atoms with Crippen LogP contribution in [0.5, 0.6) is 0 Å². The average Bonchev–Trinajstić information content (AvgIpc) is 2.13. The fraction of sp³-hybridized carbons (Fsp3) is 0.909. The molecule has 4 aliphatic carbocycles. The Balaban J connectivity index is 2.08. The van der Waals surface area contributed by atoms with E-state index in [4.69, 9.17) is 5.11 Å². The number of aliphatic carboxylic acids is 1. The summed E-state index contributed by atoms with van der Waals surface area (Å²) in [4.78, 5) is 11.2. The Morgan fingerprint density at radius 1 is 1.13 bits per heavy atom. The van der Waals surface area contributed by atoms with Gasteiger partial charge in [-0.2, -0.15) is 0 Å². The molecular weight excluding hydrogens is 202 g/mol. The first-order valence-corrected chi connectivity index (χ1v) is 5.57. The van der Waals surface area contributed by atoms with Crippen LogP contribution in [0.15, 0.2) is 0 Å². The Kier molecular flexibility index (Phi) is 1.61. The van der Waals surface area contributed by atoms with Crippen LogP contribution in [0.4, 0.5) is 8.78 Å². The molecular formula is C11H14F2O2. The molecule has 0 amide bonds. The third-order valence-electron chi connectivity index (χ3n) is 4.74. The number of carboxylic acid groups (broad SMARTS) is 1. The number of alkyl halides is 2. The fourth-order valence-electron chi connectivity index (χ4n) is 4.24. The highest BCUT2D eigenvalue weighted by atomic mass is 19.3. The summed E-state index contributed by atoms with van der Waals surface area (Å²) >= 11 is 0. The highest BCUT2D eigenvalue weighted by Crippen LogP contribution is 2.66. The van der Waals surface area contributed by atoms with Crippen molar-refractivity contribution in [2.75, 3.05) is 0 Å². The van der Waals surface area contributed by atoms with Gasteiger partial charge in [-0.05, 0) is 43.9 Å². The fourth-order valence-corrected chi connectivity index (χ4v) is 4.24. The quantitative estimate of drug-likeness (QED) is 0.731. The summed E-state index contributed by atoms with van der Waals surface area (Å²) in [5.74, 6) is -4.45. The summed E-state index contributed by atoms with van der Waals surface area (Å²) in [5, 5.41) is 9.13. The van der Waals surface area contributed by atoms with Gasteiger partial charge < -0.3 is 5.11 Å². The molecule has 0 aromatic carbocycles. The molecule has 1 N–H and O–H groups in total. The van der Waals surface area contributed by atoms with E-state index in [1.807, 2.05) is 0 Å². The van der Waals surface area contributed by atoms with Gasteiger partial charge in [0.05, 0.1) is 0 Å². The van der Waals surface area contributed by atoms with E-state index in [0.29, 0.717) is 12.8 Å². The van der Waals surface area contributed by atoms with Crippen molar-refractivity contribution in [1.82, 2.24) is 0 Å². The van der Waals surface area contributed by atoms with E-state index in [1.54, 1.807) is 0 Å². The Bertz CT molecular complexity index is 313. The topological polar surface area (TPSA) is 37.3 Å². The predicted octanol–water partition coefficient (Wildman–Crippen LogP) is 2.53. The maximum Gasteiger partial charge on any atom is 0.315 e. The molecule has 0 unspecified atom stereocenters. The van der Waals surface area contributed by atoms with Gasteiger partial charge in [-0.3, -0.25) is 4.79 Å². The van der Waals surface area contributed by atoms with Crippen molar-refractivity contribution in [3.8, 4) is 0 Å². The highest BCUT2D eigenvalue weighted by Gasteiger charge is 2.71. The van der Waals surface area contributed by atoms with Crippen LogP contribution in [0.3, 0.4) is 0 Å². The van der Waals surface area contributed by atoms with E-state index in [0.717, 1.165) is 6.42 Å². The second kappa shape index (κ2) is 2.53. The zero-order valence-corrected chi connectivity index (χ0v) is 8.38. The number of carbonyl (C=O) groups is 1. The molecule has 0 heterocycles. The van der Waals surface area contributed by atoms with Gasteiger partial charge in [-0.1, -0.05) is 0 Å².